The van der Waals surface area contributed by atoms with Crippen LogP contribution in [0, 0.1) is 12.7 Å². The predicted octanol–water partition coefficient (Wildman–Crippen LogP) is 7.61. The molecule has 11 heteroatoms. The highest BCUT2D eigenvalue weighted by molar-refractivity contribution is 6.30. The van der Waals surface area contributed by atoms with Crippen molar-refractivity contribution in [3.05, 3.63) is 81.1 Å². The first-order valence-corrected chi connectivity index (χ1v) is 16.5. The minimum Gasteiger partial charge on any atom is -0.494 e. The number of methoxy groups -OCH3 is 1. The van der Waals surface area contributed by atoms with E-state index >= 15 is 0 Å². The number of fused-ring (bicyclic) bond motifs is 3. The molecule has 0 spiro atoms. The van der Waals surface area contributed by atoms with Crippen molar-refractivity contribution >= 4 is 40.3 Å². The number of rotatable bonds is 13. The molecule has 47 heavy (non-hydrogen) atoms. The highest BCUT2D eigenvalue weighted by Gasteiger charge is 2.32. The molecule has 0 aliphatic carbocycles. The lowest BCUT2D eigenvalue weighted by Crippen LogP contribution is -2.35. The topological polar surface area (TPSA) is 95.2 Å². The van der Waals surface area contributed by atoms with Crippen molar-refractivity contribution in [2.75, 3.05) is 26.9 Å². The number of hydrogen-bond donors (Lipinski definition) is 0. The fraction of sp³-hybridized carbons (Fsp3) is 0.389. The van der Waals surface area contributed by atoms with Gasteiger partial charge in [-0.05, 0) is 75.1 Å². The minimum atomic E-state index is -0.548. The number of amides is 1. The Morgan fingerprint density at radius 1 is 0.936 bits per heavy atom. The molecule has 0 saturated carbocycles. The van der Waals surface area contributed by atoms with Crippen molar-refractivity contribution in [1.29, 1.82) is 0 Å². The van der Waals surface area contributed by atoms with Gasteiger partial charge in [0, 0.05) is 18.8 Å². The third kappa shape index (κ3) is 7.12. The summed E-state index contributed by atoms with van der Waals surface area (Å²) in [6.07, 6.45) is 9.82. The molecule has 1 atom stereocenters. The standard InChI is InChI=1S/C36H38ClFN4O5/c1-23-40-31-14-12-26(19-27(31)36(44)42(23)24-11-13-30(38)29(37)18-24)46-16-7-5-3-4-6-8-17-47-34-21-32-28(20-33(34)45-2)35(43)41-15-9-10-25(41)22-39-32/h11-14,18-22,25H,3-10,15-17H2,1-2H3/t25-/m0/s1. The lowest BCUT2D eigenvalue weighted by Gasteiger charge is -2.20. The summed E-state index contributed by atoms with van der Waals surface area (Å²) in [7, 11) is 1.59. The summed E-state index contributed by atoms with van der Waals surface area (Å²) in [5, 5.41) is 0.358. The zero-order chi connectivity index (χ0) is 32.9. The van der Waals surface area contributed by atoms with Crippen LogP contribution < -0.4 is 19.8 Å². The molecular formula is C36H38ClFN4O5. The van der Waals surface area contributed by atoms with Gasteiger partial charge in [-0.2, -0.15) is 0 Å². The summed E-state index contributed by atoms with van der Waals surface area (Å²) < 4.78 is 32.7. The molecule has 4 aromatic rings. The highest BCUT2D eigenvalue weighted by atomic mass is 35.5. The van der Waals surface area contributed by atoms with Gasteiger partial charge in [-0.3, -0.25) is 19.1 Å². The second-order valence-corrected chi connectivity index (χ2v) is 12.3. The van der Waals surface area contributed by atoms with E-state index in [1.54, 1.807) is 32.2 Å². The van der Waals surface area contributed by atoms with Crippen LogP contribution in [0.4, 0.5) is 10.1 Å². The summed E-state index contributed by atoms with van der Waals surface area (Å²) >= 11 is 5.96. The average Bonchev–Trinajstić information content (AvgIpc) is 3.50. The maximum Gasteiger partial charge on any atom is 0.266 e. The summed E-state index contributed by atoms with van der Waals surface area (Å²) in [6.45, 7) is 3.57. The van der Waals surface area contributed by atoms with Gasteiger partial charge in [0.2, 0.25) is 0 Å². The minimum absolute atomic E-state index is 0.00112. The summed E-state index contributed by atoms with van der Waals surface area (Å²) in [4.78, 5) is 37.4. The number of hydrogen-bond acceptors (Lipinski definition) is 7. The molecule has 1 aromatic heterocycles. The number of carbonyl (C=O) groups is 1. The number of aryl methyl sites for hydroxylation is 1. The van der Waals surface area contributed by atoms with Gasteiger partial charge in [0.1, 0.15) is 17.4 Å². The zero-order valence-corrected chi connectivity index (χ0v) is 27.4. The van der Waals surface area contributed by atoms with Crippen LogP contribution in [0.1, 0.15) is 67.5 Å². The van der Waals surface area contributed by atoms with E-state index in [0.29, 0.717) is 64.1 Å². The van der Waals surface area contributed by atoms with Crippen LogP contribution in [0.15, 0.2) is 58.3 Å². The third-order valence-corrected chi connectivity index (χ3v) is 8.98. The molecule has 1 saturated heterocycles. The number of benzene rings is 3. The first-order valence-electron chi connectivity index (χ1n) is 16.2. The molecule has 1 fully saturated rings. The molecule has 2 aliphatic rings. The van der Waals surface area contributed by atoms with E-state index < -0.39 is 5.82 Å². The van der Waals surface area contributed by atoms with Crippen molar-refractivity contribution in [3.8, 4) is 22.9 Å². The fourth-order valence-electron chi connectivity index (χ4n) is 6.20. The Balaban J connectivity index is 0.935. The maximum atomic E-state index is 13.7. The van der Waals surface area contributed by atoms with E-state index in [1.807, 2.05) is 23.2 Å². The summed E-state index contributed by atoms with van der Waals surface area (Å²) in [5.41, 5.74) is 1.94. The smallest absolute Gasteiger partial charge is 0.266 e. The molecule has 3 heterocycles. The molecule has 0 bridgehead atoms. The number of nitrogens with zero attached hydrogens (tertiary/aromatic N) is 4. The quantitative estimate of drug-likeness (QED) is 0.137. The van der Waals surface area contributed by atoms with Crippen LogP contribution in [-0.2, 0) is 0 Å². The van der Waals surface area contributed by atoms with Crippen LogP contribution in [0.25, 0.3) is 16.6 Å². The normalized spacial score (nSPS) is 15.4. The Labute approximate surface area is 277 Å². The Bertz CT molecular complexity index is 1880. The van der Waals surface area contributed by atoms with Crippen molar-refractivity contribution in [3.63, 3.8) is 0 Å². The van der Waals surface area contributed by atoms with Gasteiger partial charge in [0.25, 0.3) is 11.5 Å². The van der Waals surface area contributed by atoms with Crippen LogP contribution >= 0.6 is 11.6 Å². The van der Waals surface area contributed by atoms with Gasteiger partial charge in [0.15, 0.2) is 11.5 Å². The van der Waals surface area contributed by atoms with Crippen LogP contribution in [0.3, 0.4) is 0 Å². The van der Waals surface area contributed by atoms with Gasteiger partial charge in [-0.1, -0.05) is 37.3 Å². The van der Waals surface area contributed by atoms with Gasteiger partial charge in [-0.25, -0.2) is 9.37 Å². The van der Waals surface area contributed by atoms with Crippen LogP contribution in [-0.4, -0.2) is 59.5 Å². The SMILES string of the molecule is COc1cc2c(cc1OCCCCCCCCOc1ccc3nc(C)n(-c4ccc(F)c(Cl)c4)c(=O)c3c1)N=C[C@@H]1CCCN1C2=O. The van der Waals surface area contributed by atoms with E-state index in [-0.39, 0.29) is 22.5 Å². The number of ether oxygens (including phenoxy) is 3. The maximum absolute atomic E-state index is 13.7. The number of unbranched alkanes of at least 4 members (excludes halogenated alkanes) is 5. The zero-order valence-electron chi connectivity index (χ0n) is 26.6. The van der Waals surface area contributed by atoms with Gasteiger partial charge < -0.3 is 19.1 Å². The second-order valence-electron chi connectivity index (χ2n) is 11.9. The first-order chi connectivity index (χ1) is 22.8. The van der Waals surface area contributed by atoms with Crippen LogP contribution in [0.2, 0.25) is 5.02 Å². The monoisotopic (exact) mass is 660 g/mol. The third-order valence-electron chi connectivity index (χ3n) is 8.69. The van der Waals surface area contributed by atoms with Gasteiger partial charge in [0.05, 0.1) is 59.2 Å². The fourth-order valence-corrected chi connectivity index (χ4v) is 6.37. The van der Waals surface area contributed by atoms with Crippen molar-refractivity contribution in [2.24, 2.45) is 4.99 Å². The lowest BCUT2D eigenvalue weighted by atomic mass is 10.1. The number of carbonyl (C=O) groups excluding carboxylic acids is 1. The van der Waals surface area contributed by atoms with Crippen molar-refractivity contribution < 1.29 is 23.4 Å². The van der Waals surface area contributed by atoms with Crippen molar-refractivity contribution in [1.82, 2.24) is 14.5 Å². The molecule has 9 nitrogen and oxygen atoms in total. The summed E-state index contributed by atoms with van der Waals surface area (Å²) in [6, 6.07) is 13.1. The second kappa shape index (κ2) is 14.5. The van der Waals surface area contributed by atoms with E-state index in [2.05, 4.69) is 9.98 Å². The highest BCUT2D eigenvalue weighted by Crippen LogP contribution is 2.38. The molecule has 0 N–H and O–H groups in total. The number of aliphatic imine (C=N–C) groups is 1. The molecule has 0 radical (unpaired) electrons. The largest absolute Gasteiger partial charge is 0.494 e. The van der Waals surface area contributed by atoms with Gasteiger partial charge in [-0.15, -0.1) is 0 Å². The Hall–Kier alpha value is -4.44. The van der Waals surface area contributed by atoms with E-state index in [1.165, 1.54) is 22.8 Å². The number of aromatic nitrogens is 2. The number of halogens is 2. The van der Waals surface area contributed by atoms with Crippen LogP contribution in [0.5, 0.6) is 17.2 Å². The molecular weight excluding hydrogens is 623 g/mol. The molecule has 0 unspecified atom stereocenters. The van der Waals surface area contributed by atoms with Gasteiger partial charge >= 0.3 is 0 Å². The Morgan fingerprint density at radius 2 is 1.70 bits per heavy atom. The first kappa shape index (κ1) is 32.5. The molecule has 2 aliphatic heterocycles. The summed E-state index contributed by atoms with van der Waals surface area (Å²) in [5.74, 6) is 1.68. The molecule has 1 amide bonds. The van der Waals surface area contributed by atoms with E-state index in [0.717, 1.165) is 57.9 Å². The molecule has 3 aromatic carbocycles. The molecule has 246 valence electrons. The predicted molar refractivity (Wildman–Crippen MR) is 181 cm³/mol. The average molecular weight is 661 g/mol. The van der Waals surface area contributed by atoms with Crippen molar-refractivity contribution in [2.45, 2.75) is 64.3 Å². The molecule has 6 rings (SSSR count). The Morgan fingerprint density at radius 3 is 2.47 bits per heavy atom. The van der Waals surface area contributed by atoms with E-state index in [9.17, 15) is 14.0 Å². The lowest BCUT2D eigenvalue weighted by molar-refractivity contribution is 0.0774. The Kier molecular flexibility index (Phi) is 10.1. The van der Waals surface area contributed by atoms with E-state index in [4.69, 9.17) is 25.8 Å².